The van der Waals surface area contributed by atoms with E-state index in [0.717, 1.165) is 4.90 Å². The molecule has 0 saturated carbocycles. The number of amides is 2. The van der Waals surface area contributed by atoms with Crippen molar-refractivity contribution >= 4 is 29.0 Å². The van der Waals surface area contributed by atoms with E-state index in [1.807, 2.05) is 5.32 Å². The second-order valence-corrected chi connectivity index (χ2v) is 11.4. The van der Waals surface area contributed by atoms with Gasteiger partial charge in [-0.2, -0.15) is 26.3 Å². The topological polar surface area (TPSA) is 107 Å². The number of likely N-dealkylation sites (tertiary alicyclic amines) is 1. The minimum Gasteiger partial charge on any atom is -0.388 e. The van der Waals surface area contributed by atoms with Crippen molar-refractivity contribution in [3.8, 4) is 10.4 Å². The van der Waals surface area contributed by atoms with E-state index in [1.54, 1.807) is 0 Å². The quantitative estimate of drug-likeness (QED) is 0.362. The van der Waals surface area contributed by atoms with Gasteiger partial charge in [-0.3, -0.25) is 9.59 Å². The Balaban J connectivity index is 2.16. The zero-order chi connectivity index (χ0) is 31.3. The molecule has 17 heteroatoms. The van der Waals surface area contributed by atoms with Crippen molar-refractivity contribution in [1.82, 2.24) is 20.2 Å². The van der Waals surface area contributed by atoms with Gasteiger partial charge in [-0.05, 0) is 40.7 Å². The molecule has 1 aliphatic heterocycles. The molecule has 3 rings (SSSR count). The van der Waals surface area contributed by atoms with Crippen LogP contribution in [0, 0.1) is 0 Å². The molecule has 2 aromatic rings. The fourth-order valence-corrected chi connectivity index (χ4v) is 4.84. The minimum atomic E-state index is -5.17. The highest BCUT2D eigenvalue weighted by atomic mass is 32.1. The van der Waals surface area contributed by atoms with Crippen LogP contribution in [0.15, 0.2) is 12.3 Å². The molecule has 1 saturated heterocycles. The van der Waals surface area contributed by atoms with E-state index >= 15 is 0 Å². The van der Waals surface area contributed by atoms with Gasteiger partial charge in [0.15, 0.2) is 5.01 Å². The molecule has 3 heterocycles. The number of hydrogen-bond acceptors (Lipinski definition) is 7. The third kappa shape index (κ3) is 7.42. The monoisotopic (exact) mass is 617 g/mol. The van der Waals surface area contributed by atoms with Gasteiger partial charge in [-0.1, -0.05) is 0 Å². The van der Waals surface area contributed by atoms with Crippen molar-refractivity contribution in [2.24, 2.45) is 0 Å². The average Bonchev–Trinajstić information content (AvgIpc) is 3.37. The smallest absolute Gasteiger partial charge is 0.388 e. The van der Waals surface area contributed by atoms with Gasteiger partial charge < -0.3 is 20.6 Å². The van der Waals surface area contributed by atoms with Crippen molar-refractivity contribution in [2.45, 2.75) is 83.0 Å². The van der Waals surface area contributed by atoms with Crippen LogP contribution in [-0.2, 0) is 6.18 Å². The fourth-order valence-electron chi connectivity index (χ4n) is 3.85. The first-order chi connectivity index (χ1) is 18.5. The van der Waals surface area contributed by atoms with E-state index in [9.17, 15) is 49.8 Å². The van der Waals surface area contributed by atoms with Crippen LogP contribution in [0.1, 0.15) is 66.9 Å². The second kappa shape index (κ2) is 11.0. The molecule has 0 spiro atoms. The number of rotatable bonds is 7. The van der Waals surface area contributed by atoms with Crippen molar-refractivity contribution in [3.05, 3.63) is 28.5 Å². The molecule has 2 amide bonds. The predicted molar refractivity (Wildman–Crippen MR) is 133 cm³/mol. The highest BCUT2D eigenvalue weighted by Crippen LogP contribution is 2.43. The number of carbonyl (C=O) groups is 2. The van der Waals surface area contributed by atoms with Gasteiger partial charge in [-0.25, -0.2) is 18.7 Å². The third-order valence-corrected chi connectivity index (χ3v) is 7.62. The minimum absolute atomic E-state index is 0.314. The summed E-state index contributed by atoms with van der Waals surface area (Å²) in [5.74, 6) is -6.18. The summed E-state index contributed by atoms with van der Waals surface area (Å²) < 4.78 is 109. The first-order valence-corrected chi connectivity index (χ1v) is 13.0. The number of anilines is 1. The van der Waals surface area contributed by atoms with Crippen LogP contribution in [0.5, 0.6) is 0 Å². The first-order valence-electron chi connectivity index (χ1n) is 12.1. The van der Waals surface area contributed by atoms with E-state index in [4.69, 9.17) is 0 Å². The molecule has 0 bridgehead atoms. The highest BCUT2D eigenvalue weighted by molar-refractivity contribution is 7.17. The Bertz CT molecular complexity index is 1310. The first kappa shape index (κ1) is 32.4. The van der Waals surface area contributed by atoms with Crippen LogP contribution < -0.4 is 10.6 Å². The van der Waals surface area contributed by atoms with Crippen molar-refractivity contribution in [1.29, 1.82) is 0 Å². The summed E-state index contributed by atoms with van der Waals surface area (Å²) in [6, 6.07) is -3.84. The summed E-state index contributed by atoms with van der Waals surface area (Å²) >= 11 is 0.336. The number of hydrogen-bond donors (Lipinski definition) is 3. The molecule has 0 radical (unpaired) electrons. The van der Waals surface area contributed by atoms with Crippen LogP contribution in [0.2, 0.25) is 0 Å². The van der Waals surface area contributed by atoms with E-state index in [1.165, 1.54) is 27.7 Å². The third-order valence-electron chi connectivity index (χ3n) is 6.53. The van der Waals surface area contributed by atoms with Gasteiger partial charge in [0, 0.05) is 24.2 Å². The van der Waals surface area contributed by atoms with Crippen LogP contribution in [0.3, 0.4) is 0 Å². The maximum Gasteiger partial charge on any atom is 0.417 e. The van der Waals surface area contributed by atoms with Crippen molar-refractivity contribution in [3.63, 3.8) is 0 Å². The maximum absolute atomic E-state index is 14.2. The molecule has 2 aromatic heterocycles. The van der Waals surface area contributed by atoms with Gasteiger partial charge in [0.25, 0.3) is 17.7 Å². The van der Waals surface area contributed by atoms with Crippen LogP contribution in [-0.4, -0.2) is 74.2 Å². The predicted octanol–water partition coefficient (Wildman–Crippen LogP) is 5.35. The largest absolute Gasteiger partial charge is 0.417 e. The Labute approximate surface area is 233 Å². The molecule has 41 heavy (non-hydrogen) atoms. The van der Waals surface area contributed by atoms with Gasteiger partial charge in [0.05, 0.1) is 28.6 Å². The summed E-state index contributed by atoms with van der Waals surface area (Å²) in [4.78, 5) is 34.0. The number of aromatic nitrogens is 2. The number of nitrogens with zero attached hydrogens (tertiary/aromatic N) is 3. The normalized spacial score (nSPS) is 19.2. The van der Waals surface area contributed by atoms with E-state index in [0.29, 0.717) is 30.5 Å². The number of alkyl halides is 8. The van der Waals surface area contributed by atoms with Gasteiger partial charge in [0.2, 0.25) is 0 Å². The Kier molecular flexibility index (Phi) is 8.67. The lowest BCUT2D eigenvalue weighted by atomic mass is 10.0. The van der Waals surface area contributed by atoms with Crippen LogP contribution in [0.4, 0.5) is 40.9 Å². The SMILES string of the molecule is CC(NC(=O)c1nc(C(=O)N2CC(F)(F)C[C@@H]2C)c(-c2cnc(NC(C)C(F)(F)F)cc2C(F)(F)F)s1)C(C)(C)O. The molecular formula is C24H27F8N5O3S. The Hall–Kier alpha value is -3.08. The lowest BCUT2D eigenvalue weighted by Crippen LogP contribution is -2.47. The number of carbonyl (C=O) groups excluding carboxylic acids is 2. The summed E-state index contributed by atoms with van der Waals surface area (Å²) in [6.45, 7) is 5.15. The maximum atomic E-state index is 14.2. The summed E-state index contributed by atoms with van der Waals surface area (Å²) in [7, 11) is 0. The number of nitrogens with one attached hydrogen (secondary N) is 2. The Morgan fingerprint density at radius 2 is 1.76 bits per heavy atom. The van der Waals surface area contributed by atoms with E-state index < -0.39 is 99.3 Å². The molecule has 8 nitrogen and oxygen atoms in total. The number of thiazole rings is 1. The van der Waals surface area contributed by atoms with E-state index in [-0.39, 0.29) is 0 Å². The molecule has 1 aliphatic rings. The summed E-state index contributed by atoms with van der Waals surface area (Å²) in [5.41, 5.74) is -4.46. The molecule has 3 atom stereocenters. The zero-order valence-electron chi connectivity index (χ0n) is 22.3. The lowest BCUT2D eigenvalue weighted by molar-refractivity contribution is -0.138. The number of pyridine rings is 1. The van der Waals surface area contributed by atoms with Gasteiger partial charge >= 0.3 is 12.4 Å². The molecule has 1 fully saturated rings. The number of aliphatic hydroxyl groups is 1. The van der Waals surface area contributed by atoms with Crippen LogP contribution >= 0.6 is 11.3 Å². The van der Waals surface area contributed by atoms with Crippen LogP contribution in [0.25, 0.3) is 10.4 Å². The average molecular weight is 618 g/mol. The number of halogens is 8. The van der Waals surface area contributed by atoms with Crippen molar-refractivity contribution in [2.75, 3.05) is 11.9 Å². The molecule has 0 aromatic carbocycles. The fraction of sp³-hybridized carbons (Fsp3) is 0.583. The van der Waals surface area contributed by atoms with Gasteiger partial charge in [0.1, 0.15) is 17.6 Å². The van der Waals surface area contributed by atoms with Crippen molar-refractivity contribution < 1.29 is 49.8 Å². The molecule has 0 aliphatic carbocycles. The molecule has 2 unspecified atom stereocenters. The van der Waals surface area contributed by atoms with E-state index in [2.05, 4.69) is 15.3 Å². The standard InChI is InChI=1S/C24H27F8N5O3S/c1-10-7-22(25,26)9-37(10)20(39)16-17(41-19(36-16)18(38)35-11(2)21(4,5)40)13-8-33-15(6-14(13)24(30,31)32)34-12(3)23(27,28)29/h6,8,10-12,40H,7,9H2,1-5H3,(H,33,34)(H,35,38)/t10-,11?,12?/m0/s1. The zero-order valence-corrected chi connectivity index (χ0v) is 23.2. The summed E-state index contributed by atoms with van der Waals surface area (Å²) in [6.07, 6.45) is -10.1. The Morgan fingerprint density at radius 3 is 2.24 bits per heavy atom. The Morgan fingerprint density at radius 1 is 1.15 bits per heavy atom. The molecule has 3 N–H and O–H groups in total. The molecule has 228 valence electrons. The lowest BCUT2D eigenvalue weighted by Gasteiger charge is -2.26. The summed E-state index contributed by atoms with van der Waals surface area (Å²) in [5, 5.41) is 13.8. The second-order valence-electron chi connectivity index (χ2n) is 10.4. The van der Waals surface area contributed by atoms with Gasteiger partial charge in [-0.15, -0.1) is 11.3 Å². The molecular weight excluding hydrogens is 590 g/mol. The highest BCUT2D eigenvalue weighted by Gasteiger charge is 2.47.